The van der Waals surface area contributed by atoms with E-state index >= 15 is 0 Å². The van der Waals surface area contributed by atoms with Gasteiger partial charge in [0.05, 0.1) is 11.4 Å². The number of amides is 2. The van der Waals surface area contributed by atoms with Crippen LogP contribution in [0, 0.1) is 0 Å². The van der Waals surface area contributed by atoms with Crippen LogP contribution in [0.15, 0.2) is 54.1 Å². The molecule has 7 heteroatoms. The number of nitrogens with one attached hydrogen (secondary N) is 3. The Balaban J connectivity index is 1.28. The molecule has 32 heavy (non-hydrogen) atoms. The first-order chi connectivity index (χ1) is 15.6. The van der Waals surface area contributed by atoms with Crippen LogP contribution in [0.25, 0.3) is 0 Å². The van der Waals surface area contributed by atoms with Gasteiger partial charge < -0.3 is 16.0 Å². The zero-order chi connectivity index (χ0) is 22.3. The zero-order valence-corrected chi connectivity index (χ0v) is 19.5. The van der Waals surface area contributed by atoms with Gasteiger partial charge in [0.1, 0.15) is 6.04 Å². The monoisotopic (exact) mass is 469 g/mol. The number of anilines is 2. The van der Waals surface area contributed by atoms with Crippen LogP contribution in [-0.4, -0.2) is 30.2 Å². The van der Waals surface area contributed by atoms with E-state index in [1.54, 1.807) is 23.9 Å². The van der Waals surface area contributed by atoms with Crippen LogP contribution in [0.4, 0.5) is 11.4 Å². The Morgan fingerprint density at radius 3 is 2.88 bits per heavy atom. The summed E-state index contributed by atoms with van der Waals surface area (Å²) >= 11 is 7.71. The molecule has 0 aromatic heterocycles. The fourth-order valence-corrected chi connectivity index (χ4v) is 5.21. The molecule has 5 nitrogen and oxygen atoms in total. The molecular weight excluding hydrogens is 442 g/mol. The third-order valence-corrected chi connectivity index (χ3v) is 7.09. The smallest absolute Gasteiger partial charge is 0.251 e. The summed E-state index contributed by atoms with van der Waals surface area (Å²) in [5, 5.41) is 9.96. The second kappa shape index (κ2) is 10.9. The van der Waals surface area contributed by atoms with Crippen molar-refractivity contribution in [1.29, 1.82) is 0 Å². The first-order valence-corrected chi connectivity index (χ1v) is 12.6. The normalized spacial score (nSPS) is 17.6. The molecule has 1 heterocycles. The molecule has 4 rings (SSSR count). The minimum absolute atomic E-state index is 0.0853. The van der Waals surface area contributed by atoms with E-state index in [2.05, 4.69) is 22.0 Å². The van der Waals surface area contributed by atoms with Crippen LogP contribution in [0.1, 0.15) is 48.0 Å². The molecule has 0 fully saturated rings. The molecule has 3 N–H and O–H groups in total. The minimum atomic E-state index is -0.324. The number of carbonyl (C=O) groups excluding carboxylic acids is 2. The molecule has 2 aliphatic rings. The molecule has 1 unspecified atom stereocenters. The molecule has 0 saturated carbocycles. The van der Waals surface area contributed by atoms with Crippen LogP contribution in [0.3, 0.4) is 0 Å². The summed E-state index contributed by atoms with van der Waals surface area (Å²) in [4.78, 5) is 25.1. The third kappa shape index (κ3) is 6.08. The van der Waals surface area contributed by atoms with Gasteiger partial charge in [-0.3, -0.25) is 9.59 Å². The van der Waals surface area contributed by atoms with E-state index in [0.717, 1.165) is 41.3 Å². The van der Waals surface area contributed by atoms with Crippen molar-refractivity contribution in [3.05, 3.63) is 70.3 Å². The van der Waals surface area contributed by atoms with E-state index in [4.69, 9.17) is 11.6 Å². The summed E-state index contributed by atoms with van der Waals surface area (Å²) in [6.07, 6.45) is 8.03. The summed E-state index contributed by atoms with van der Waals surface area (Å²) < 4.78 is 0. The van der Waals surface area contributed by atoms with E-state index in [1.165, 1.54) is 18.4 Å². The van der Waals surface area contributed by atoms with Gasteiger partial charge in [-0.15, -0.1) is 0 Å². The minimum Gasteiger partial charge on any atom is -0.371 e. The lowest BCUT2D eigenvalue weighted by molar-refractivity contribution is -0.116. The quantitative estimate of drug-likeness (QED) is 0.438. The third-order valence-electron chi connectivity index (χ3n) is 5.74. The molecule has 1 aliphatic heterocycles. The average Bonchev–Trinajstić information content (AvgIpc) is 2.80. The molecular formula is C25H28ClN3O2S. The predicted octanol–water partition coefficient (Wildman–Crippen LogP) is 5.63. The number of allylic oxidation sites excluding steroid dienone is 1. The fraction of sp³-hybridized carbons (Fsp3) is 0.360. The summed E-state index contributed by atoms with van der Waals surface area (Å²) in [5.74, 6) is 1.22. The predicted molar refractivity (Wildman–Crippen MR) is 134 cm³/mol. The number of halogens is 1. The van der Waals surface area contributed by atoms with E-state index in [1.807, 2.05) is 30.3 Å². The largest absolute Gasteiger partial charge is 0.371 e. The molecule has 0 radical (unpaired) electrons. The van der Waals surface area contributed by atoms with Gasteiger partial charge in [0.2, 0.25) is 5.91 Å². The van der Waals surface area contributed by atoms with Gasteiger partial charge in [0.15, 0.2) is 0 Å². The molecule has 1 atom stereocenters. The van der Waals surface area contributed by atoms with Crippen LogP contribution in [0.2, 0.25) is 5.02 Å². The molecule has 2 amide bonds. The van der Waals surface area contributed by atoms with Crippen molar-refractivity contribution >= 4 is 46.6 Å². The topological polar surface area (TPSA) is 70.2 Å². The second-order valence-corrected chi connectivity index (χ2v) is 9.67. The first-order valence-electron chi connectivity index (χ1n) is 11.1. The Morgan fingerprint density at radius 2 is 2.06 bits per heavy atom. The molecule has 2 aromatic carbocycles. The van der Waals surface area contributed by atoms with Gasteiger partial charge >= 0.3 is 0 Å². The van der Waals surface area contributed by atoms with Gasteiger partial charge in [0, 0.05) is 28.6 Å². The zero-order valence-electron chi connectivity index (χ0n) is 18.0. The van der Waals surface area contributed by atoms with Gasteiger partial charge in [-0.1, -0.05) is 35.4 Å². The second-order valence-electron chi connectivity index (χ2n) is 8.21. The fourth-order valence-electron chi connectivity index (χ4n) is 4.00. The first kappa shape index (κ1) is 22.7. The van der Waals surface area contributed by atoms with Gasteiger partial charge in [-0.05, 0) is 68.0 Å². The summed E-state index contributed by atoms with van der Waals surface area (Å²) in [6.45, 7) is 0.637. The maximum absolute atomic E-state index is 12.6. The summed E-state index contributed by atoms with van der Waals surface area (Å²) in [7, 11) is 0. The molecule has 0 spiro atoms. The van der Waals surface area contributed by atoms with Crippen LogP contribution in [0.5, 0.6) is 0 Å². The standard InChI is InChI=1S/C25H28ClN3O2S/c26-20-8-4-7-18(13-20)15-32-16-23-25(31)29-22-14-19(9-10-21(22)28-23)24(30)27-12-11-17-5-2-1-3-6-17/h4-5,7-10,13-14,23,28H,1-3,6,11-12,15-16H2,(H,27,30)(H,29,31). The number of benzene rings is 2. The Labute approximate surface area is 198 Å². The highest BCUT2D eigenvalue weighted by Gasteiger charge is 2.26. The van der Waals surface area contributed by atoms with Crippen LogP contribution >= 0.6 is 23.4 Å². The highest BCUT2D eigenvalue weighted by molar-refractivity contribution is 7.98. The number of fused-ring (bicyclic) bond motifs is 1. The van der Waals surface area contributed by atoms with Gasteiger partial charge in [-0.25, -0.2) is 0 Å². The van der Waals surface area contributed by atoms with Crippen LogP contribution < -0.4 is 16.0 Å². The lowest BCUT2D eigenvalue weighted by atomic mass is 9.97. The Bertz CT molecular complexity index is 1020. The van der Waals surface area contributed by atoms with Crippen molar-refractivity contribution in [1.82, 2.24) is 5.32 Å². The number of hydrogen-bond acceptors (Lipinski definition) is 4. The Kier molecular flexibility index (Phi) is 7.76. The van der Waals surface area contributed by atoms with Crippen molar-refractivity contribution in [2.24, 2.45) is 0 Å². The number of carbonyl (C=O) groups is 2. The van der Waals surface area contributed by atoms with Gasteiger partial charge in [-0.2, -0.15) is 11.8 Å². The lowest BCUT2D eigenvalue weighted by Crippen LogP contribution is -2.40. The number of hydrogen-bond donors (Lipinski definition) is 3. The Hall–Kier alpha value is -2.44. The van der Waals surface area contributed by atoms with Crippen molar-refractivity contribution < 1.29 is 9.59 Å². The molecule has 2 aromatic rings. The SMILES string of the molecule is O=C(NCCC1=CCCCC1)c1ccc2c(c1)NC(=O)C(CSCc1cccc(Cl)c1)N2. The van der Waals surface area contributed by atoms with E-state index in [0.29, 0.717) is 23.5 Å². The summed E-state index contributed by atoms with van der Waals surface area (Å²) in [6, 6.07) is 12.8. The number of rotatable bonds is 8. The average molecular weight is 470 g/mol. The maximum Gasteiger partial charge on any atom is 0.251 e. The molecule has 0 saturated heterocycles. The Morgan fingerprint density at radius 1 is 1.16 bits per heavy atom. The highest BCUT2D eigenvalue weighted by Crippen LogP contribution is 2.29. The summed E-state index contributed by atoms with van der Waals surface area (Å²) in [5.41, 5.74) is 4.61. The van der Waals surface area contributed by atoms with Gasteiger partial charge in [0.25, 0.3) is 5.91 Å². The molecule has 1 aliphatic carbocycles. The van der Waals surface area contributed by atoms with E-state index < -0.39 is 0 Å². The van der Waals surface area contributed by atoms with Crippen molar-refractivity contribution in [2.75, 3.05) is 22.9 Å². The number of thioether (sulfide) groups is 1. The van der Waals surface area contributed by atoms with E-state index in [9.17, 15) is 9.59 Å². The maximum atomic E-state index is 12.6. The molecule has 0 bridgehead atoms. The lowest BCUT2D eigenvalue weighted by Gasteiger charge is -2.27. The molecule has 168 valence electrons. The van der Waals surface area contributed by atoms with Crippen molar-refractivity contribution in [3.8, 4) is 0 Å². The highest BCUT2D eigenvalue weighted by atomic mass is 35.5. The van der Waals surface area contributed by atoms with Crippen molar-refractivity contribution in [3.63, 3.8) is 0 Å². The van der Waals surface area contributed by atoms with Crippen molar-refractivity contribution in [2.45, 2.75) is 43.9 Å². The van der Waals surface area contributed by atoms with Crippen LogP contribution in [-0.2, 0) is 10.5 Å². The van der Waals surface area contributed by atoms with E-state index in [-0.39, 0.29) is 17.9 Å².